The molecule has 4 heteroatoms. The minimum absolute atomic E-state index is 0.371. The van der Waals surface area contributed by atoms with Crippen LogP contribution in [0.15, 0.2) is 18.3 Å². The number of aliphatic hydroxyl groups is 1. The summed E-state index contributed by atoms with van der Waals surface area (Å²) in [6.45, 7) is 3.69. The molecule has 1 aliphatic carbocycles. The van der Waals surface area contributed by atoms with Crippen molar-refractivity contribution in [2.45, 2.75) is 51.4 Å². The van der Waals surface area contributed by atoms with E-state index in [0.717, 1.165) is 30.6 Å². The molecule has 0 radical (unpaired) electrons. The van der Waals surface area contributed by atoms with Gasteiger partial charge < -0.3 is 15.2 Å². The molecule has 1 saturated carbocycles. The molecule has 0 spiro atoms. The maximum atomic E-state index is 9.83. The summed E-state index contributed by atoms with van der Waals surface area (Å²) in [5, 5.41) is 13.1. The van der Waals surface area contributed by atoms with Crippen LogP contribution in [0.3, 0.4) is 0 Å². The van der Waals surface area contributed by atoms with Gasteiger partial charge in [-0.25, -0.2) is 0 Å². The van der Waals surface area contributed by atoms with E-state index in [1.165, 1.54) is 12.8 Å². The van der Waals surface area contributed by atoms with Gasteiger partial charge in [0, 0.05) is 25.0 Å². The first kappa shape index (κ1) is 14.4. The van der Waals surface area contributed by atoms with E-state index < -0.39 is 6.10 Å². The van der Waals surface area contributed by atoms with Gasteiger partial charge in [-0.05, 0) is 31.4 Å². The third kappa shape index (κ3) is 5.27. The van der Waals surface area contributed by atoms with E-state index in [1.54, 1.807) is 0 Å². The van der Waals surface area contributed by atoms with Crippen molar-refractivity contribution in [2.75, 3.05) is 13.2 Å². The zero-order valence-electron chi connectivity index (χ0n) is 11.6. The van der Waals surface area contributed by atoms with Crippen LogP contribution in [0.4, 0.5) is 0 Å². The number of aryl methyl sites for hydroxylation is 1. The number of aliphatic hydroxyl groups excluding tert-OH is 1. The predicted octanol–water partition coefficient (Wildman–Crippen LogP) is 1.80. The summed E-state index contributed by atoms with van der Waals surface area (Å²) in [7, 11) is 0. The fraction of sp³-hybridized carbons (Fsp3) is 0.667. The van der Waals surface area contributed by atoms with Gasteiger partial charge in [0.1, 0.15) is 0 Å². The van der Waals surface area contributed by atoms with Crippen LogP contribution in [-0.2, 0) is 11.3 Å². The van der Waals surface area contributed by atoms with Crippen LogP contribution < -0.4 is 5.32 Å². The molecule has 1 heterocycles. The molecule has 1 aromatic rings. The zero-order valence-corrected chi connectivity index (χ0v) is 11.6. The molecule has 4 nitrogen and oxygen atoms in total. The van der Waals surface area contributed by atoms with E-state index in [1.807, 2.05) is 19.2 Å². The van der Waals surface area contributed by atoms with Gasteiger partial charge in [-0.2, -0.15) is 0 Å². The number of aromatic nitrogens is 1. The monoisotopic (exact) mass is 264 g/mol. The van der Waals surface area contributed by atoms with Crippen molar-refractivity contribution in [3.8, 4) is 0 Å². The van der Waals surface area contributed by atoms with Gasteiger partial charge in [0.15, 0.2) is 0 Å². The average Bonchev–Trinajstić information content (AvgIpc) is 2.92. The molecule has 1 unspecified atom stereocenters. The quantitative estimate of drug-likeness (QED) is 0.788. The maximum absolute atomic E-state index is 9.83. The molecule has 1 aliphatic rings. The Kier molecular flexibility index (Phi) is 5.76. The first-order valence-corrected chi connectivity index (χ1v) is 7.16. The molecule has 1 aromatic heterocycles. The smallest absolute Gasteiger partial charge is 0.0897 e. The minimum Gasteiger partial charge on any atom is -0.389 e. The van der Waals surface area contributed by atoms with Crippen LogP contribution in [-0.4, -0.2) is 35.5 Å². The van der Waals surface area contributed by atoms with Gasteiger partial charge >= 0.3 is 0 Å². The summed E-state index contributed by atoms with van der Waals surface area (Å²) in [6, 6.07) is 4.05. The number of nitrogens with zero attached hydrogens (tertiary/aromatic N) is 1. The maximum Gasteiger partial charge on any atom is 0.0897 e. The first-order chi connectivity index (χ1) is 9.24. The summed E-state index contributed by atoms with van der Waals surface area (Å²) >= 11 is 0. The van der Waals surface area contributed by atoms with Crippen molar-refractivity contribution in [1.82, 2.24) is 10.3 Å². The zero-order chi connectivity index (χ0) is 13.5. The van der Waals surface area contributed by atoms with Gasteiger partial charge in [-0.1, -0.05) is 18.9 Å². The second kappa shape index (κ2) is 7.58. The van der Waals surface area contributed by atoms with Gasteiger partial charge in [0.25, 0.3) is 0 Å². The van der Waals surface area contributed by atoms with E-state index in [9.17, 15) is 5.11 Å². The number of nitrogens with one attached hydrogen (secondary N) is 1. The minimum atomic E-state index is -0.431. The molecule has 2 N–H and O–H groups in total. The summed E-state index contributed by atoms with van der Waals surface area (Å²) in [5.74, 6) is 0. The Morgan fingerprint density at radius 2 is 2.21 bits per heavy atom. The lowest BCUT2D eigenvalue weighted by atomic mass is 10.2. The topological polar surface area (TPSA) is 54.4 Å². The molecular formula is C15H24N2O2. The SMILES string of the molecule is Cc1ccc(CNCC(O)COC2CCCC2)cn1. The molecule has 1 atom stereocenters. The molecule has 0 aromatic carbocycles. The van der Waals surface area contributed by atoms with Gasteiger partial charge in [0.05, 0.1) is 18.8 Å². The van der Waals surface area contributed by atoms with E-state index >= 15 is 0 Å². The Balaban J connectivity index is 1.58. The first-order valence-electron chi connectivity index (χ1n) is 7.16. The molecule has 1 fully saturated rings. The molecule has 0 saturated heterocycles. The van der Waals surface area contributed by atoms with Crippen LogP contribution in [0.2, 0.25) is 0 Å². The van der Waals surface area contributed by atoms with Crippen LogP contribution in [0.1, 0.15) is 36.9 Å². The highest BCUT2D eigenvalue weighted by Crippen LogP contribution is 2.20. The number of hydrogen-bond donors (Lipinski definition) is 2. The van der Waals surface area contributed by atoms with Crippen molar-refractivity contribution < 1.29 is 9.84 Å². The van der Waals surface area contributed by atoms with Gasteiger partial charge in [0.2, 0.25) is 0 Å². The largest absolute Gasteiger partial charge is 0.389 e. The van der Waals surface area contributed by atoms with Crippen molar-refractivity contribution >= 4 is 0 Å². The summed E-state index contributed by atoms with van der Waals surface area (Å²) in [5.41, 5.74) is 2.16. The van der Waals surface area contributed by atoms with Crippen LogP contribution >= 0.6 is 0 Å². The lowest BCUT2D eigenvalue weighted by molar-refractivity contribution is -0.00550. The third-order valence-electron chi connectivity index (χ3n) is 3.51. The van der Waals surface area contributed by atoms with Gasteiger partial charge in [-0.15, -0.1) is 0 Å². The Hall–Kier alpha value is -0.970. The fourth-order valence-electron chi connectivity index (χ4n) is 2.35. The number of ether oxygens (including phenoxy) is 1. The summed E-state index contributed by atoms with van der Waals surface area (Å²) in [4.78, 5) is 4.24. The molecule has 0 bridgehead atoms. The standard InChI is InChI=1S/C15H24N2O2/c1-12-6-7-13(9-17-12)8-16-10-14(18)11-19-15-4-2-3-5-15/h6-7,9,14-16,18H,2-5,8,10-11H2,1H3. The number of hydrogen-bond acceptors (Lipinski definition) is 4. The lowest BCUT2D eigenvalue weighted by Gasteiger charge is -2.16. The summed E-state index contributed by atoms with van der Waals surface area (Å²) in [6.07, 6.45) is 6.63. The Morgan fingerprint density at radius 1 is 1.42 bits per heavy atom. The highest BCUT2D eigenvalue weighted by Gasteiger charge is 2.16. The normalized spacial score (nSPS) is 17.8. The third-order valence-corrected chi connectivity index (χ3v) is 3.51. The molecule has 0 aliphatic heterocycles. The Labute approximate surface area is 115 Å². The second-order valence-corrected chi connectivity index (χ2v) is 5.33. The molecular weight excluding hydrogens is 240 g/mol. The highest BCUT2D eigenvalue weighted by molar-refractivity contribution is 5.12. The van der Waals surface area contributed by atoms with Crippen molar-refractivity contribution in [3.05, 3.63) is 29.6 Å². The van der Waals surface area contributed by atoms with Gasteiger partial charge in [-0.3, -0.25) is 4.98 Å². The van der Waals surface area contributed by atoms with E-state index in [2.05, 4.69) is 16.4 Å². The van der Waals surface area contributed by atoms with Crippen LogP contribution in [0, 0.1) is 6.92 Å². The van der Waals surface area contributed by atoms with Crippen molar-refractivity contribution in [1.29, 1.82) is 0 Å². The van der Waals surface area contributed by atoms with E-state index in [0.29, 0.717) is 19.3 Å². The fourth-order valence-corrected chi connectivity index (χ4v) is 2.35. The lowest BCUT2D eigenvalue weighted by Crippen LogP contribution is -2.31. The highest BCUT2D eigenvalue weighted by atomic mass is 16.5. The Bertz CT molecular complexity index is 361. The predicted molar refractivity (Wildman–Crippen MR) is 74.9 cm³/mol. The number of pyridine rings is 1. The average molecular weight is 264 g/mol. The van der Waals surface area contributed by atoms with E-state index in [4.69, 9.17) is 4.74 Å². The molecule has 2 rings (SSSR count). The molecule has 106 valence electrons. The van der Waals surface area contributed by atoms with Crippen LogP contribution in [0.5, 0.6) is 0 Å². The summed E-state index contributed by atoms with van der Waals surface area (Å²) < 4.78 is 5.68. The van der Waals surface area contributed by atoms with Crippen molar-refractivity contribution in [3.63, 3.8) is 0 Å². The molecule has 0 amide bonds. The second-order valence-electron chi connectivity index (χ2n) is 5.33. The Morgan fingerprint density at radius 3 is 2.89 bits per heavy atom. The van der Waals surface area contributed by atoms with Crippen LogP contribution in [0.25, 0.3) is 0 Å². The van der Waals surface area contributed by atoms with E-state index in [-0.39, 0.29) is 0 Å². The van der Waals surface area contributed by atoms with Crippen molar-refractivity contribution in [2.24, 2.45) is 0 Å². The number of rotatable bonds is 7. The molecule has 19 heavy (non-hydrogen) atoms.